The van der Waals surface area contributed by atoms with Crippen LogP contribution >= 0.6 is 0 Å². The summed E-state index contributed by atoms with van der Waals surface area (Å²) in [4.78, 5) is 43.4. The highest BCUT2D eigenvalue weighted by molar-refractivity contribution is 7.88. The molecule has 41 heavy (non-hydrogen) atoms. The zero-order valence-corrected chi connectivity index (χ0v) is 23.1. The Morgan fingerprint density at radius 2 is 1.78 bits per heavy atom. The van der Waals surface area contributed by atoms with E-state index in [1.165, 1.54) is 6.92 Å². The summed E-state index contributed by atoms with van der Waals surface area (Å²) in [6.07, 6.45) is 0.484. The number of ether oxygens (including phenoxy) is 2. The van der Waals surface area contributed by atoms with Crippen molar-refractivity contribution < 1.29 is 49.6 Å². The maximum Gasteiger partial charge on any atom is 0.534 e. The second kappa shape index (κ2) is 11.5. The highest BCUT2D eigenvalue weighted by Gasteiger charge is 2.53. The largest absolute Gasteiger partial charge is 0.534 e. The van der Waals surface area contributed by atoms with Crippen molar-refractivity contribution in [3.8, 4) is 5.88 Å². The van der Waals surface area contributed by atoms with Crippen molar-refractivity contribution in [3.63, 3.8) is 0 Å². The van der Waals surface area contributed by atoms with Crippen LogP contribution in [0.25, 0.3) is 0 Å². The number of rotatable bonds is 8. The Bertz CT molecular complexity index is 1430. The quantitative estimate of drug-likeness (QED) is 0.268. The molecule has 1 fully saturated rings. The molecule has 222 valence electrons. The van der Waals surface area contributed by atoms with E-state index >= 15 is 0 Å². The molecule has 1 aromatic heterocycles. The molecular weight excluding hydrogens is 571 g/mol. The maximum absolute atomic E-state index is 13.4. The van der Waals surface area contributed by atoms with E-state index in [1.54, 1.807) is 37.3 Å². The van der Waals surface area contributed by atoms with Gasteiger partial charge in [-0.3, -0.25) is 4.79 Å². The number of carbonyl (C=O) groups is 3. The number of hydrogen-bond acceptors (Lipinski definition) is 9. The smallest absolute Gasteiger partial charge is 0.461 e. The van der Waals surface area contributed by atoms with Crippen LogP contribution in [0.5, 0.6) is 5.88 Å². The van der Waals surface area contributed by atoms with Gasteiger partial charge in [-0.05, 0) is 37.3 Å². The second-order valence-electron chi connectivity index (χ2n) is 9.71. The van der Waals surface area contributed by atoms with Crippen molar-refractivity contribution in [1.82, 2.24) is 10.3 Å². The number of anilines is 1. The average molecular weight is 600 g/mol. The van der Waals surface area contributed by atoms with Crippen LogP contribution in [0, 0.1) is 11.8 Å². The van der Waals surface area contributed by atoms with Gasteiger partial charge >= 0.3 is 27.7 Å². The SMILES string of the molecule is CCOC(=O)c1cc2c(c(OS(=O)(=O)C(F)(F)F)n1)N(C(C)=O)[C@@H](C1CC1)[C@H](C)[C@H]2NC(=O)OCc1ccccc1. The zero-order chi connectivity index (χ0) is 30.1. The van der Waals surface area contributed by atoms with Gasteiger partial charge in [0.1, 0.15) is 12.3 Å². The van der Waals surface area contributed by atoms with Gasteiger partial charge in [-0.15, -0.1) is 0 Å². The van der Waals surface area contributed by atoms with Crippen molar-refractivity contribution in [2.45, 2.75) is 57.8 Å². The number of alkyl carbamates (subject to hydrolysis) is 1. The first-order valence-corrected chi connectivity index (χ1v) is 14.2. The molecule has 0 spiro atoms. The molecule has 2 amide bonds. The van der Waals surface area contributed by atoms with E-state index in [2.05, 4.69) is 14.5 Å². The lowest BCUT2D eigenvalue weighted by Gasteiger charge is -2.45. The number of hydrogen-bond donors (Lipinski definition) is 1. The zero-order valence-electron chi connectivity index (χ0n) is 22.3. The Labute approximate surface area is 234 Å². The number of carbonyl (C=O) groups excluding carboxylic acids is 3. The van der Waals surface area contributed by atoms with Crippen LogP contribution in [-0.4, -0.2) is 49.5 Å². The molecule has 1 saturated carbocycles. The van der Waals surface area contributed by atoms with Crippen molar-refractivity contribution in [1.29, 1.82) is 0 Å². The van der Waals surface area contributed by atoms with Gasteiger partial charge in [-0.2, -0.15) is 21.6 Å². The maximum atomic E-state index is 13.4. The summed E-state index contributed by atoms with van der Waals surface area (Å²) >= 11 is 0. The molecule has 0 bridgehead atoms. The van der Waals surface area contributed by atoms with Crippen LogP contribution in [0.3, 0.4) is 0 Å². The summed E-state index contributed by atoms with van der Waals surface area (Å²) in [5.41, 5.74) is -6.18. The fourth-order valence-electron chi connectivity index (χ4n) is 4.94. The first-order chi connectivity index (χ1) is 19.2. The van der Waals surface area contributed by atoms with Crippen molar-refractivity contribution in [3.05, 3.63) is 53.2 Å². The van der Waals surface area contributed by atoms with Gasteiger partial charge in [-0.1, -0.05) is 37.3 Å². The minimum absolute atomic E-state index is 0.0633. The Hall–Kier alpha value is -3.88. The molecule has 1 aromatic carbocycles. The summed E-state index contributed by atoms with van der Waals surface area (Å²) in [5.74, 6) is -3.49. The van der Waals surface area contributed by atoms with Crippen molar-refractivity contribution in [2.75, 3.05) is 11.5 Å². The lowest BCUT2D eigenvalue weighted by molar-refractivity contribution is -0.117. The number of pyridine rings is 1. The topological polar surface area (TPSA) is 141 Å². The number of benzene rings is 1. The predicted octanol–water partition coefficient (Wildman–Crippen LogP) is 4.24. The van der Waals surface area contributed by atoms with Crippen molar-refractivity contribution >= 4 is 33.8 Å². The van der Waals surface area contributed by atoms with Crippen molar-refractivity contribution in [2.24, 2.45) is 11.8 Å². The van der Waals surface area contributed by atoms with Crippen LogP contribution in [-0.2, 0) is 31.0 Å². The normalized spacial score (nSPS) is 20.5. The first kappa shape index (κ1) is 30.1. The van der Waals surface area contributed by atoms with Gasteiger partial charge in [0.25, 0.3) is 5.88 Å². The molecule has 0 unspecified atom stereocenters. The monoisotopic (exact) mass is 599 g/mol. The average Bonchev–Trinajstić information content (AvgIpc) is 3.73. The molecule has 15 heteroatoms. The molecular formula is C26H28F3N3O8S. The molecule has 2 aliphatic rings. The summed E-state index contributed by atoms with van der Waals surface area (Å²) < 4.78 is 78.9. The number of amides is 2. The first-order valence-electron chi connectivity index (χ1n) is 12.7. The van der Waals surface area contributed by atoms with E-state index in [1.807, 2.05) is 0 Å². The predicted molar refractivity (Wildman–Crippen MR) is 137 cm³/mol. The van der Waals surface area contributed by atoms with Crippen LogP contribution in [0.15, 0.2) is 36.4 Å². The van der Waals surface area contributed by atoms with Gasteiger partial charge in [0.15, 0.2) is 5.69 Å². The fourth-order valence-corrected chi connectivity index (χ4v) is 5.36. The number of aromatic nitrogens is 1. The molecule has 3 atom stereocenters. The fraction of sp³-hybridized carbons (Fsp3) is 0.462. The minimum atomic E-state index is -6.27. The third kappa shape index (κ3) is 6.39. The summed E-state index contributed by atoms with van der Waals surface area (Å²) in [7, 11) is -6.27. The Balaban J connectivity index is 1.85. The molecule has 2 aromatic rings. The molecule has 2 heterocycles. The Kier molecular flexibility index (Phi) is 8.47. The van der Waals surface area contributed by atoms with E-state index in [9.17, 15) is 36.0 Å². The van der Waals surface area contributed by atoms with E-state index in [-0.39, 0.29) is 24.7 Å². The molecule has 0 saturated heterocycles. The van der Waals surface area contributed by atoms with Crippen LogP contribution in [0.1, 0.15) is 61.3 Å². The third-order valence-electron chi connectivity index (χ3n) is 6.82. The van der Waals surface area contributed by atoms with E-state index in [4.69, 9.17) is 9.47 Å². The van der Waals surface area contributed by atoms with Crippen LogP contribution in [0.2, 0.25) is 0 Å². The lowest BCUT2D eigenvalue weighted by Crippen LogP contribution is -2.53. The van der Waals surface area contributed by atoms with E-state index in [0.717, 1.165) is 17.9 Å². The van der Waals surface area contributed by atoms with Crippen LogP contribution < -0.4 is 14.4 Å². The van der Waals surface area contributed by atoms with E-state index in [0.29, 0.717) is 18.4 Å². The molecule has 1 N–H and O–H groups in total. The van der Waals surface area contributed by atoms with Gasteiger partial charge in [-0.25, -0.2) is 14.6 Å². The molecule has 1 aliphatic carbocycles. The van der Waals surface area contributed by atoms with Gasteiger partial charge in [0, 0.05) is 24.4 Å². The summed E-state index contributed by atoms with van der Waals surface area (Å²) in [6, 6.07) is 8.21. The lowest BCUT2D eigenvalue weighted by atomic mass is 9.80. The Morgan fingerprint density at radius 1 is 1.12 bits per heavy atom. The minimum Gasteiger partial charge on any atom is -0.461 e. The molecule has 1 aliphatic heterocycles. The van der Waals surface area contributed by atoms with Crippen LogP contribution in [0.4, 0.5) is 23.7 Å². The highest BCUT2D eigenvalue weighted by atomic mass is 32.2. The Morgan fingerprint density at radius 3 is 2.34 bits per heavy atom. The number of nitrogens with one attached hydrogen (secondary N) is 1. The van der Waals surface area contributed by atoms with E-state index < -0.39 is 68.9 Å². The second-order valence-corrected chi connectivity index (χ2v) is 11.3. The third-order valence-corrected chi connectivity index (χ3v) is 7.76. The molecule has 0 radical (unpaired) electrons. The number of esters is 1. The standard InChI is InChI=1S/C26H28F3N3O8S/c1-4-38-24(34)19-12-18-20(31-25(35)39-13-16-8-6-5-7-9-16)14(2)21(17-10-11-17)32(15(3)33)22(18)23(30-19)40-41(36,37)26(27,28)29/h5-9,12,14,17,20-21H,4,10-11,13H2,1-3H3,(H,31,35)/t14-,20-,21-/m1/s1. The highest BCUT2D eigenvalue weighted by Crippen LogP contribution is 2.52. The number of fused-ring (bicyclic) bond motifs is 1. The van der Waals surface area contributed by atoms with Gasteiger partial charge in [0.05, 0.1) is 12.6 Å². The van der Waals surface area contributed by atoms with Gasteiger partial charge < -0.3 is 23.9 Å². The summed E-state index contributed by atoms with van der Waals surface area (Å²) in [5, 5.41) is 2.68. The van der Waals surface area contributed by atoms with Gasteiger partial charge in [0.2, 0.25) is 5.91 Å². The number of nitrogens with zero attached hydrogens (tertiary/aromatic N) is 2. The summed E-state index contributed by atoms with van der Waals surface area (Å²) in [6.45, 7) is 4.15. The molecule has 4 rings (SSSR count). The number of halogens is 3. The molecule has 11 nitrogen and oxygen atoms in total. The number of alkyl halides is 3.